The fraction of sp³-hybridized carbons (Fsp3) is 0.500. The molecule has 2 heterocycles. The number of aromatic nitrogens is 2. The van der Waals surface area contributed by atoms with E-state index in [0.717, 1.165) is 5.69 Å². The van der Waals surface area contributed by atoms with Crippen LogP contribution in [0, 0.1) is 10.1 Å². The van der Waals surface area contributed by atoms with Crippen LogP contribution in [0.5, 0.6) is 0 Å². The maximum atomic E-state index is 12.7. The number of nitrogens with zero attached hydrogens (tertiary/aromatic N) is 4. The lowest BCUT2D eigenvalue weighted by atomic mass is 9.96. The van der Waals surface area contributed by atoms with Gasteiger partial charge in [0.2, 0.25) is 0 Å². The number of hydrogen-bond donors (Lipinski definition) is 0. The van der Waals surface area contributed by atoms with Crippen molar-refractivity contribution in [1.29, 1.82) is 0 Å². The topological polar surface area (TPSA) is 117 Å². The van der Waals surface area contributed by atoms with Crippen molar-refractivity contribution in [3.05, 3.63) is 56.9 Å². The Kier molecular flexibility index (Phi) is 6.52. The van der Waals surface area contributed by atoms with Crippen LogP contribution in [-0.2, 0) is 22.6 Å². The van der Waals surface area contributed by atoms with Crippen LogP contribution in [0.1, 0.15) is 67.8 Å². The van der Waals surface area contributed by atoms with Gasteiger partial charge in [-0.25, -0.2) is 9.59 Å². The van der Waals surface area contributed by atoms with Gasteiger partial charge < -0.3 is 14.4 Å². The average molecular weight is 444 g/mol. The van der Waals surface area contributed by atoms with Gasteiger partial charge in [0, 0.05) is 35.9 Å². The molecule has 0 radical (unpaired) electrons. The zero-order chi connectivity index (χ0) is 23.6. The maximum Gasteiger partial charge on any atom is 0.410 e. The minimum Gasteiger partial charge on any atom is -0.461 e. The largest absolute Gasteiger partial charge is 0.461 e. The minimum atomic E-state index is -0.642. The number of fused-ring (bicyclic) bond motifs is 1. The lowest BCUT2D eigenvalue weighted by Gasteiger charge is -2.33. The standard InChI is InChI=1S/C22H28N4O6/c1-6-31-20(27)18-17-13-24(21(28)32-22(3,4)5)11-14(2)19(17)25(23-18)12-15-8-7-9-16(10-15)26(29)30/h7-10,14H,6,11-13H2,1-5H3. The number of nitro benzene ring substituents is 1. The van der Waals surface area contributed by atoms with Crippen LogP contribution >= 0.6 is 0 Å². The van der Waals surface area contributed by atoms with Gasteiger partial charge in [-0.15, -0.1) is 0 Å². The maximum absolute atomic E-state index is 12.7. The second-order valence-corrected chi connectivity index (χ2v) is 8.78. The number of carbonyl (C=O) groups is 2. The highest BCUT2D eigenvalue weighted by Gasteiger charge is 2.36. The van der Waals surface area contributed by atoms with Gasteiger partial charge in [-0.05, 0) is 33.3 Å². The first-order chi connectivity index (χ1) is 15.0. The molecule has 0 spiro atoms. The van der Waals surface area contributed by atoms with E-state index in [2.05, 4.69) is 5.10 Å². The Balaban J connectivity index is 1.99. The molecule has 0 fully saturated rings. The first kappa shape index (κ1) is 23.2. The number of non-ortho nitro benzene ring substituents is 1. The van der Waals surface area contributed by atoms with Crippen molar-refractivity contribution in [3.8, 4) is 0 Å². The third-order valence-corrected chi connectivity index (χ3v) is 4.98. The molecule has 1 atom stereocenters. The smallest absolute Gasteiger partial charge is 0.410 e. The van der Waals surface area contributed by atoms with Gasteiger partial charge in [0.25, 0.3) is 5.69 Å². The molecule has 2 aromatic rings. The molecule has 1 amide bonds. The Hall–Kier alpha value is -3.43. The molecule has 10 nitrogen and oxygen atoms in total. The van der Waals surface area contributed by atoms with Crippen molar-refractivity contribution in [2.75, 3.05) is 13.2 Å². The van der Waals surface area contributed by atoms with Gasteiger partial charge in [-0.1, -0.05) is 19.1 Å². The predicted molar refractivity (Wildman–Crippen MR) is 115 cm³/mol. The lowest BCUT2D eigenvalue weighted by molar-refractivity contribution is -0.384. The quantitative estimate of drug-likeness (QED) is 0.390. The van der Waals surface area contributed by atoms with Crippen LogP contribution in [0.3, 0.4) is 0 Å². The van der Waals surface area contributed by atoms with E-state index in [1.165, 1.54) is 12.1 Å². The van der Waals surface area contributed by atoms with E-state index in [4.69, 9.17) is 9.47 Å². The summed E-state index contributed by atoms with van der Waals surface area (Å²) >= 11 is 0. The Morgan fingerprint density at radius 1 is 1.31 bits per heavy atom. The molecule has 1 aliphatic heterocycles. The molecule has 0 N–H and O–H groups in total. The molecule has 1 unspecified atom stereocenters. The molecule has 0 aliphatic carbocycles. The van der Waals surface area contributed by atoms with Gasteiger partial charge in [-0.2, -0.15) is 5.10 Å². The lowest BCUT2D eigenvalue weighted by Crippen LogP contribution is -2.41. The summed E-state index contributed by atoms with van der Waals surface area (Å²) in [6.45, 7) is 10.0. The highest BCUT2D eigenvalue weighted by Crippen LogP contribution is 2.32. The Morgan fingerprint density at radius 3 is 2.66 bits per heavy atom. The number of carbonyl (C=O) groups excluding carboxylic acids is 2. The molecule has 0 bridgehead atoms. The number of nitro groups is 1. The summed E-state index contributed by atoms with van der Waals surface area (Å²) in [4.78, 5) is 37.5. The van der Waals surface area contributed by atoms with Crippen LogP contribution in [0.4, 0.5) is 10.5 Å². The van der Waals surface area contributed by atoms with Gasteiger partial charge >= 0.3 is 12.1 Å². The van der Waals surface area contributed by atoms with Crippen LogP contribution in [0.15, 0.2) is 24.3 Å². The van der Waals surface area contributed by atoms with E-state index < -0.39 is 22.6 Å². The molecule has 1 aliphatic rings. The van der Waals surface area contributed by atoms with E-state index in [0.29, 0.717) is 17.7 Å². The van der Waals surface area contributed by atoms with Crippen LogP contribution in [-0.4, -0.2) is 50.4 Å². The number of amides is 1. The van der Waals surface area contributed by atoms with E-state index in [-0.39, 0.29) is 37.0 Å². The second-order valence-electron chi connectivity index (χ2n) is 8.78. The Bertz CT molecular complexity index is 1040. The summed E-state index contributed by atoms with van der Waals surface area (Å²) in [6.07, 6.45) is -0.462. The third-order valence-electron chi connectivity index (χ3n) is 4.98. The van der Waals surface area contributed by atoms with Crippen molar-refractivity contribution in [2.45, 2.75) is 59.2 Å². The van der Waals surface area contributed by atoms with Crippen LogP contribution < -0.4 is 0 Å². The number of benzene rings is 1. The summed E-state index contributed by atoms with van der Waals surface area (Å²) in [5.41, 5.74) is 1.58. The van der Waals surface area contributed by atoms with Crippen molar-refractivity contribution in [1.82, 2.24) is 14.7 Å². The summed E-state index contributed by atoms with van der Waals surface area (Å²) in [6, 6.07) is 6.29. The van der Waals surface area contributed by atoms with E-state index >= 15 is 0 Å². The zero-order valence-electron chi connectivity index (χ0n) is 19.0. The first-order valence-corrected chi connectivity index (χ1v) is 10.5. The van der Waals surface area contributed by atoms with Crippen molar-refractivity contribution in [3.63, 3.8) is 0 Å². The van der Waals surface area contributed by atoms with Gasteiger partial charge in [-0.3, -0.25) is 14.8 Å². The molecule has 1 aromatic carbocycles. The summed E-state index contributed by atoms with van der Waals surface area (Å²) < 4.78 is 12.4. The van der Waals surface area contributed by atoms with Crippen LogP contribution in [0.25, 0.3) is 0 Å². The molecular formula is C22H28N4O6. The van der Waals surface area contributed by atoms with Crippen molar-refractivity contribution < 1.29 is 24.0 Å². The summed E-state index contributed by atoms with van der Waals surface area (Å²) in [5, 5.41) is 15.6. The van der Waals surface area contributed by atoms with Gasteiger partial charge in [0.15, 0.2) is 5.69 Å². The number of hydrogen-bond acceptors (Lipinski definition) is 7. The molecule has 3 rings (SSSR count). The highest BCUT2D eigenvalue weighted by atomic mass is 16.6. The zero-order valence-corrected chi connectivity index (χ0v) is 19.0. The number of esters is 1. The van der Waals surface area contributed by atoms with E-state index in [1.807, 2.05) is 6.92 Å². The summed E-state index contributed by atoms with van der Waals surface area (Å²) in [5.74, 6) is -0.708. The molecule has 10 heteroatoms. The monoisotopic (exact) mass is 444 g/mol. The molecule has 0 saturated carbocycles. The Morgan fingerprint density at radius 2 is 2.03 bits per heavy atom. The average Bonchev–Trinajstić information content (AvgIpc) is 3.06. The van der Waals surface area contributed by atoms with Gasteiger partial charge in [0.05, 0.1) is 24.6 Å². The number of ether oxygens (including phenoxy) is 2. The summed E-state index contributed by atoms with van der Waals surface area (Å²) in [7, 11) is 0. The van der Waals surface area contributed by atoms with E-state index in [9.17, 15) is 19.7 Å². The fourth-order valence-corrected chi connectivity index (χ4v) is 3.78. The SMILES string of the molecule is CCOC(=O)c1nn(Cc2cccc([N+](=O)[O-])c2)c2c1CN(C(=O)OC(C)(C)C)CC2C. The first-order valence-electron chi connectivity index (χ1n) is 10.5. The molecule has 32 heavy (non-hydrogen) atoms. The fourth-order valence-electron chi connectivity index (χ4n) is 3.78. The van der Waals surface area contributed by atoms with Crippen molar-refractivity contribution in [2.24, 2.45) is 0 Å². The molecular weight excluding hydrogens is 416 g/mol. The van der Waals surface area contributed by atoms with Gasteiger partial charge in [0.1, 0.15) is 5.60 Å². The van der Waals surface area contributed by atoms with E-state index in [1.54, 1.807) is 49.4 Å². The van der Waals surface area contributed by atoms with Crippen molar-refractivity contribution >= 4 is 17.7 Å². The molecule has 1 aromatic heterocycles. The van der Waals surface area contributed by atoms with Crippen LogP contribution in [0.2, 0.25) is 0 Å². The third kappa shape index (κ3) is 5.06. The predicted octanol–water partition coefficient (Wildman–Crippen LogP) is 3.87. The number of rotatable bonds is 5. The normalized spacial score (nSPS) is 15.8. The molecule has 172 valence electrons. The Labute approximate surface area is 186 Å². The second kappa shape index (κ2) is 8.97. The molecule has 0 saturated heterocycles. The highest BCUT2D eigenvalue weighted by molar-refractivity contribution is 5.89. The minimum absolute atomic E-state index is 0.0155.